The molecule has 0 rings (SSSR count). The first kappa shape index (κ1) is 19.0. The number of unbranched alkanes of at least 4 members (excludes halogenated alkanes) is 2. The molecular weight excluding hydrogens is 243 g/mol. The van der Waals surface area contributed by atoms with Crippen molar-refractivity contribution in [1.29, 1.82) is 0 Å². The molecule has 0 radical (unpaired) electrons. The average Bonchev–Trinajstić information content (AvgIpc) is 2.23. The molecule has 3 N–H and O–H groups in total. The van der Waals surface area contributed by atoms with E-state index in [9.17, 15) is 9.36 Å². The molecule has 0 heterocycles. The van der Waals surface area contributed by atoms with Gasteiger partial charge in [-0.05, 0) is 12.8 Å². The molecule has 1 unspecified atom stereocenters. The second-order valence-corrected chi connectivity index (χ2v) is 5.80. The summed E-state index contributed by atoms with van der Waals surface area (Å²) in [6.07, 6.45) is 4.55. The fourth-order valence-corrected chi connectivity index (χ4v) is 2.23. The monoisotopic (exact) mass is 268 g/mol. The zero-order valence-electron chi connectivity index (χ0n) is 10.9. The van der Waals surface area contributed by atoms with E-state index in [2.05, 4.69) is 6.92 Å². The molecule has 0 aromatic carbocycles. The normalized spacial score (nSPS) is 12.5. The van der Waals surface area contributed by atoms with Crippen molar-refractivity contribution in [3.8, 4) is 0 Å². The van der Waals surface area contributed by atoms with Crippen LogP contribution in [0.2, 0.25) is 0 Å². The molecule has 1 atom stereocenters. The lowest BCUT2D eigenvalue weighted by molar-refractivity contribution is -0.136. The van der Waals surface area contributed by atoms with Crippen molar-refractivity contribution in [3.05, 3.63) is 0 Å². The third-order valence-electron chi connectivity index (χ3n) is 2.39. The maximum absolute atomic E-state index is 10.9. The molecule has 0 aliphatic carbocycles. The number of rotatable bonds is 7. The highest BCUT2D eigenvalue weighted by molar-refractivity contribution is 7.52. The zero-order valence-corrected chi connectivity index (χ0v) is 11.8. The van der Waals surface area contributed by atoms with E-state index in [4.69, 9.17) is 14.9 Å². The Balaban J connectivity index is 0. The molecule has 0 aliphatic heterocycles. The smallest absolute Gasteiger partial charge is 0.328 e. The lowest BCUT2D eigenvalue weighted by Gasteiger charge is -2.15. The van der Waals surface area contributed by atoms with Crippen LogP contribution in [0.25, 0.3) is 0 Å². The van der Waals surface area contributed by atoms with Crippen LogP contribution in [0.15, 0.2) is 0 Å². The lowest BCUT2D eigenvalue weighted by Crippen LogP contribution is -2.06. The van der Waals surface area contributed by atoms with Crippen LogP contribution in [-0.2, 0) is 9.36 Å². The third-order valence-corrected chi connectivity index (χ3v) is 3.96. The van der Waals surface area contributed by atoms with Crippen molar-refractivity contribution < 1.29 is 24.3 Å². The van der Waals surface area contributed by atoms with E-state index in [0.717, 1.165) is 19.3 Å². The van der Waals surface area contributed by atoms with Gasteiger partial charge in [0.1, 0.15) is 0 Å². The van der Waals surface area contributed by atoms with Gasteiger partial charge in [-0.15, -0.1) is 0 Å². The minimum absolute atomic E-state index is 0.222. The highest BCUT2D eigenvalue weighted by atomic mass is 31.2. The molecule has 17 heavy (non-hydrogen) atoms. The average molecular weight is 268 g/mol. The molecular formula is C11H25O5P. The van der Waals surface area contributed by atoms with Gasteiger partial charge < -0.3 is 14.9 Å². The molecule has 0 amide bonds. The minimum atomic E-state index is -3.82. The molecule has 0 bridgehead atoms. The number of aliphatic carboxylic acids is 1. The van der Waals surface area contributed by atoms with Gasteiger partial charge in [-0.25, -0.2) is 0 Å². The number of hydrogen-bond donors (Lipinski definition) is 3. The summed E-state index contributed by atoms with van der Waals surface area (Å²) in [4.78, 5) is 27.1. The SMILES string of the molecule is CCC(=O)O.CCCCCC(CC)P(=O)(O)O. The molecule has 0 saturated carbocycles. The van der Waals surface area contributed by atoms with Gasteiger partial charge in [0.15, 0.2) is 0 Å². The second-order valence-electron chi connectivity index (χ2n) is 3.89. The second kappa shape index (κ2) is 10.8. The van der Waals surface area contributed by atoms with Crippen LogP contribution in [0, 0.1) is 0 Å². The van der Waals surface area contributed by atoms with Crippen molar-refractivity contribution in [1.82, 2.24) is 0 Å². The van der Waals surface area contributed by atoms with Crippen LogP contribution in [-0.4, -0.2) is 26.5 Å². The summed E-state index contributed by atoms with van der Waals surface area (Å²) >= 11 is 0. The summed E-state index contributed by atoms with van der Waals surface area (Å²) < 4.78 is 10.9. The largest absolute Gasteiger partial charge is 0.481 e. The molecule has 5 nitrogen and oxygen atoms in total. The van der Waals surface area contributed by atoms with Crippen molar-refractivity contribution in [2.45, 2.75) is 65.0 Å². The molecule has 0 aliphatic rings. The molecule has 0 aromatic rings. The first-order valence-corrected chi connectivity index (χ1v) is 7.74. The Kier molecular flexibility index (Phi) is 12.0. The lowest BCUT2D eigenvalue weighted by atomic mass is 10.1. The molecule has 0 fully saturated rings. The summed E-state index contributed by atoms with van der Waals surface area (Å²) in [5.41, 5.74) is -0.413. The van der Waals surface area contributed by atoms with Gasteiger partial charge in [0, 0.05) is 6.42 Å². The van der Waals surface area contributed by atoms with Crippen LogP contribution in [0.3, 0.4) is 0 Å². The maximum Gasteiger partial charge on any atom is 0.328 e. The number of hydrogen-bond acceptors (Lipinski definition) is 2. The fraction of sp³-hybridized carbons (Fsp3) is 0.909. The molecule has 0 aromatic heterocycles. The Morgan fingerprint density at radius 1 is 1.18 bits per heavy atom. The Bertz CT molecular complexity index is 236. The van der Waals surface area contributed by atoms with Gasteiger partial charge in [0.05, 0.1) is 5.66 Å². The highest BCUT2D eigenvalue weighted by Crippen LogP contribution is 2.45. The Morgan fingerprint density at radius 2 is 1.65 bits per heavy atom. The van der Waals surface area contributed by atoms with E-state index < -0.39 is 19.2 Å². The highest BCUT2D eigenvalue weighted by Gasteiger charge is 2.25. The summed E-state index contributed by atoms with van der Waals surface area (Å²) in [6, 6.07) is 0. The summed E-state index contributed by atoms with van der Waals surface area (Å²) in [7, 11) is -3.82. The van der Waals surface area contributed by atoms with Gasteiger partial charge in [-0.3, -0.25) is 9.36 Å². The number of carbonyl (C=O) groups is 1. The van der Waals surface area contributed by atoms with Crippen LogP contribution in [0.5, 0.6) is 0 Å². The standard InChI is InChI=1S/C8H19O3P.C3H6O2/c1-3-5-6-7-8(4-2)12(9,10)11;1-2-3(4)5/h8H,3-7H2,1-2H3,(H2,9,10,11);2H2,1H3,(H,4,5). The summed E-state index contributed by atoms with van der Waals surface area (Å²) in [5.74, 6) is -0.745. The Hall–Kier alpha value is -0.380. The molecule has 104 valence electrons. The van der Waals surface area contributed by atoms with Crippen LogP contribution < -0.4 is 0 Å². The van der Waals surface area contributed by atoms with Crippen molar-refractivity contribution >= 4 is 13.6 Å². The van der Waals surface area contributed by atoms with Gasteiger partial charge in [-0.2, -0.15) is 0 Å². The summed E-state index contributed by atoms with van der Waals surface area (Å²) in [6.45, 7) is 5.51. The van der Waals surface area contributed by atoms with Crippen LogP contribution in [0.1, 0.15) is 59.3 Å². The Labute approximate surface area is 103 Å². The maximum atomic E-state index is 10.9. The van der Waals surface area contributed by atoms with Gasteiger partial charge in [0.25, 0.3) is 0 Å². The quantitative estimate of drug-likeness (QED) is 0.487. The minimum Gasteiger partial charge on any atom is -0.481 e. The van der Waals surface area contributed by atoms with Crippen molar-refractivity contribution in [3.63, 3.8) is 0 Å². The number of carboxylic acid groups (broad SMARTS) is 1. The third kappa shape index (κ3) is 13.6. The zero-order chi connectivity index (χ0) is 13.9. The van der Waals surface area contributed by atoms with Gasteiger partial charge in [0.2, 0.25) is 0 Å². The topological polar surface area (TPSA) is 94.8 Å². The van der Waals surface area contributed by atoms with Gasteiger partial charge >= 0.3 is 13.6 Å². The predicted octanol–water partition coefficient (Wildman–Crippen LogP) is 3.00. The number of carboxylic acids is 1. The van der Waals surface area contributed by atoms with E-state index in [0.29, 0.717) is 12.8 Å². The summed E-state index contributed by atoms with van der Waals surface area (Å²) in [5, 5.41) is 7.72. The van der Waals surface area contributed by atoms with Crippen molar-refractivity contribution in [2.24, 2.45) is 0 Å². The van der Waals surface area contributed by atoms with E-state index in [1.807, 2.05) is 6.92 Å². The molecule has 0 spiro atoms. The Morgan fingerprint density at radius 3 is 1.88 bits per heavy atom. The van der Waals surface area contributed by atoms with E-state index in [1.165, 1.54) is 0 Å². The van der Waals surface area contributed by atoms with Crippen LogP contribution >= 0.6 is 7.60 Å². The first-order chi connectivity index (χ1) is 7.79. The van der Waals surface area contributed by atoms with E-state index in [1.54, 1.807) is 6.92 Å². The van der Waals surface area contributed by atoms with E-state index in [-0.39, 0.29) is 6.42 Å². The van der Waals surface area contributed by atoms with E-state index >= 15 is 0 Å². The van der Waals surface area contributed by atoms with Crippen LogP contribution in [0.4, 0.5) is 0 Å². The molecule has 0 saturated heterocycles. The van der Waals surface area contributed by atoms with Gasteiger partial charge in [-0.1, -0.05) is 40.0 Å². The van der Waals surface area contributed by atoms with Crippen molar-refractivity contribution in [2.75, 3.05) is 0 Å². The fourth-order valence-electron chi connectivity index (χ4n) is 1.24. The first-order valence-electron chi connectivity index (χ1n) is 6.06. The molecule has 6 heteroatoms. The predicted molar refractivity (Wildman–Crippen MR) is 68.2 cm³/mol.